The van der Waals surface area contributed by atoms with E-state index in [0.29, 0.717) is 17.8 Å². The van der Waals surface area contributed by atoms with Gasteiger partial charge in [0.15, 0.2) is 5.78 Å². The molecule has 1 aromatic carbocycles. The Bertz CT molecular complexity index is 347. The molecule has 4 heteroatoms. The van der Waals surface area contributed by atoms with Gasteiger partial charge in [-0.05, 0) is 26.0 Å². The van der Waals surface area contributed by atoms with Gasteiger partial charge in [-0.3, -0.25) is 10.2 Å². The molecule has 4 nitrogen and oxygen atoms in total. The second kappa shape index (κ2) is 5.11. The zero-order valence-corrected chi connectivity index (χ0v) is 8.32. The second-order valence-electron chi connectivity index (χ2n) is 2.79. The van der Waals surface area contributed by atoms with Gasteiger partial charge in [-0.2, -0.15) is 0 Å². The molecule has 1 rings (SSSR count). The molecule has 0 amide bonds. The smallest absolute Gasteiger partial charge is 0.162 e. The summed E-state index contributed by atoms with van der Waals surface area (Å²) in [6.07, 6.45) is 0. The largest absolute Gasteiger partial charge is 0.294 e. The van der Waals surface area contributed by atoms with Crippen molar-refractivity contribution in [2.24, 2.45) is 10.3 Å². The maximum Gasteiger partial charge on any atom is 0.162 e. The summed E-state index contributed by atoms with van der Waals surface area (Å²) in [6.45, 7) is 4.16. The normalized spacial score (nSPS) is 10.4. The molecule has 0 aromatic heterocycles. The van der Waals surface area contributed by atoms with Crippen LogP contribution >= 0.6 is 0 Å². The van der Waals surface area contributed by atoms with E-state index in [4.69, 9.17) is 0 Å². The first kappa shape index (κ1) is 10.4. The van der Waals surface area contributed by atoms with Crippen LogP contribution in [0, 0.1) is 0 Å². The van der Waals surface area contributed by atoms with Gasteiger partial charge < -0.3 is 0 Å². The highest BCUT2D eigenvalue weighted by molar-refractivity contribution is 5.98. The van der Waals surface area contributed by atoms with E-state index < -0.39 is 0 Å². The zero-order valence-electron chi connectivity index (χ0n) is 8.32. The van der Waals surface area contributed by atoms with Gasteiger partial charge in [-0.15, -0.1) is 5.11 Å². The highest BCUT2D eigenvalue weighted by Gasteiger charge is 2.04. The lowest BCUT2D eigenvalue weighted by atomic mass is 10.1. The number of ketones is 1. The summed E-state index contributed by atoms with van der Waals surface area (Å²) in [6, 6.07) is 7.13. The van der Waals surface area contributed by atoms with Gasteiger partial charge in [0, 0.05) is 12.1 Å². The Labute approximate surface area is 83.0 Å². The predicted octanol–water partition coefficient (Wildman–Crippen LogP) is 2.50. The van der Waals surface area contributed by atoms with Crippen LogP contribution in [-0.2, 0) is 0 Å². The van der Waals surface area contributed by atoms with Crippen LogP contribution in [0.2, 0.25) is 0 Å². The van der Waals surface area contributed by atoms with E-state index in [9.17, 15) is 4.79 Å². The quantitative estimate of drug-likeness (QED) is 0.451. The number of benzene rings is 1. The molecule has 74 valence electrons. The maximum absolute atomic E-state index is 11.2. The average molecular weight is 191 g/mol. The number of hydrogen-bond donors (Lipinski definition) is 1. The van der Waals surface area contributed by atoms with Crippen molar-refractivity contribution in [2.75, 3.05) is 6.54 Å². The molecule has 0 saturated heterocycles. The maximum atomic E-state index is 11.2. The summed E-state index contributed by atoms with van der Waals surface area (Å²) in [5, 5.41) is 7.64. The molecule has 0 atom stereocenters. The molecule has 0 aliphatic heterocycles. The van der Waals surface area contributed by atoms with E-state index in [1.807, 2.05) is 19.1 Å². The van der Waals surface area contributed by atoms with Crippen molar-refractivity contribution in [3.8, 4) is 0 Å². The molecule has 14 heavy (non-hydrogen) atoms. The van der Waals surface area contributed by atoms with Crippen LogP contribution < -0.4 is 5.43 Å². The van der Waals surface area contributed by atoms with Gasteiger partial charge in [0.25, 0.3) is 0 Å². The molecule has 0 radical (unpaired) electrons. The van der Waals surface area contributed by atoms with Crippen molar-refractivity contribution in [1.29, 1.82) is 0 Å². The lowest BCUT2D eigenvalue weighted by molar-refractivity contribution is 0.101. The van der Waals surface area contributed by atoms with Crippen molar-refractivity contribution in [3.63, 3.8) is 0 Å². The fourth-order valence-electron chi connectivity index (χ4n) is 1.02. The Morgan fingerprint density at radius 1 is 1.43 bits per heavy atom. The summed E-state index contributed by atoms with van der Waals surface area (Å²) in [5.41, 5.74) is 3.90. The third-order valence-electron chi connectivity index (χ3n) is 1.67. The molecule has 1 aromatic rings. The van der Waals surface area contributed by atoms with Crippen molar-refractivity contribution in [3.05, 3.63) is 29.8 Å². The summed E-state index contributed by atoms with van der Waals surface area (Å²) in [5.74, 6) is -0.00366. The number of carbonyl (C=O) groups excluding carboxylic acids is 1. The number of nitrogens with zero attached hydrogens (tertiary/aromatic N) is 2. The molecular formula is C10H13N3O. The summed E-state index contributed by atoms with van der Waals surface area (Å²) in [4.78, 5) is 11.2. The minimum atomic E-state index is -0.00366. The van der Waals surface area contributed by atoms with Crippen LogP contribution in [0.15, 0.2) is 34.6 Å². The van der Waals surface area contributed by atoms with E-state index in [2.05, 4.69) is 15.8 Å². The standard InChI is InChI=1S/C10H13N3O/c1-3-11-13-12-10-7-5-4-6-9(10)8(2)14/h4-7H,3H2,1-2H3,(H,11,12). The van der Waals surface area contributed by atoms with Gasteiger partial charge in [-0.25, -0.2) is 0 Å². The zero-order chi connectivity index (χ0) is 10.4. The lowest BCUT2D eigenvalue weighted by Crippen LogP contribution is -2.01. The molecular weight excluding hydrogens is 178 g/mol. The van der Waals surface area contributed by atoms with Crippen LogP contribution in [0.4, 0.5) is 5.69 Å². The van der Waals surface area contributed by atoms with Crippen LogP contribution in [0.5, 0.6) is 0 Å². The van der Waals surface area contributed by atoms with Crippen LogP contribution in [0.1, 0.15) is 24.2 Å². The van der Waals surface area contributed by atoms with Crippen molar-refractivity contribution in [2.45, 2.75) is 13.8 Å². The van der Waals surface area contributed by atoms with Crippen molar-refractivity contribution < 1.29 is 4.79 Å². The van der Waals surface area contributed by atoms with Gasteiger partial charge in [0.2, 0.25) is 0 Å². The third kappa shape index (κ3) is 2.65. The third-order valence-corrected chi connectivity index (χ3v) is 1.67. The molecule has 0 bridgehead atoms. The fraction of sp³-hybridized carbons (Fsp3) is 0.300. The number of Topliss-reactive ketones (excluding diaryl/α,β-unsaturated/α-hetero) is 1. The van der Waals surface area contributed by atoms with Gasteiger partial charge in [0.1, 0.15) is 0 Å². The van der Waals surface area contributed by atoms with E-state index in [1.165, 1.54) is 6.92 Å². The van der Waals surface area contributed by atoms with Gasteiger partial charge in [-0.1, -0.05) is 17.4 Å². The molecule has 0 aliphatic rings. The highest BCUT2D eigenvalue weighted by Crippen LogP contribution is 2.18. The van der Waals surface area contributed by atoms with Crippen molar-refractivity contribution in [1.82, 2.24) is 5.43 Å². The molecule has 0 fully saturated rings. The summed E-state index contributed by atoms with van der Waals surface area (Å²) >= 11 is 0. The monoisotopic (exact) mass is 191 g/mol. The topological polar surface area (TPSA) is 53.8 Å². The minimum Gasteiger partial charge on any atom is -0.294 e. The Hall–Kier alpha value is -1.71. The molecule has 0 spiro atoms. The van der Waals surface area contributed by atoms with Gasteiger partial charge in [0.05, 0.1) is 5.69 Å². The van der Waals surface area contributed by atoms with Gasteiger partial charge >= 0.3 is 0 Å². The highest BCUT2D eigenvalue weighted by atomic mass is 16.1. The first-order chi connectivity index (χ1) is 6.75. The fourth-order valence-corrected chi connectivity index (χ4v) is 1.02. The predicted molar refractivity (Wildman–Crippen MR) is 54.6 cm³/mol. The minimum absolute atomic E-state index is 0.00366. The Morgan fingerprint density at radius 3 is 2.79 bits per heavy atom. The average Bonchev–Trinajstić information content (AvgIpc) is 2.19. The first-order valence-corrected chi connectivity index (χ1v) is 4.49. The number of nitrogens with one attached hydrogen (secondary N) is 1. The van der Waals surface area contributed by atoms with E-state index in [-0.39, 0.29) is 5.78 Å². The SMILES string of the molecule is CCN/N=N\c1ccccc1C(C)=O. The Morgan fingerprint density at radius 2 is 2.14 bits per heavy atom. The Balaban J connectivity index is 2.90. The number of rotatable bonds is 4. The second-order valence-corrected chi connectivity index (χ2v) is 2.79. The molecule has 1 N–H and O–H groups in total. The summed E-state index contributed by atoms with van der Waals surface area (Å²) < 4.78 is 0. The Kier molecular flexibility index (Phi) is 3.79. The van der Waals surface area contributed by atoms with E-state index in [0.717, 1.165) is 0 Å². The molecule has 0 unspecified atom stereocenters. The molecule has 0 aliphatic carbocycles. The summed E-state index contributed by atoms with van der Waals surface area (Å²) in [7, 11) is 0. The van der Waals surface area contributed by atoms with Crippen LogP contribution in [0.3, 0.4) is 0 Å². The van der Waals surface area contributed by atoms with Crippen molar-refractivity contribution >= 4 is 11.5 Å². The van der Waals surface area contributed by atoms with Crippen LogP contribution in [-0.4, -0.2) is 12.3 Å². The number of hydrogen-bond acceptors (Lipinski definition) is 3. The first-order valence-electron chi connectivity index (χ1n) is 4.49. The van der Waals surface area contributed by atoms with E-state index >= 15 is 0 Å². The lowest BCUT2D eigenvalue weighted by Gasteiger charge is -1.99. The molecule has 0 saturated carbocycles. The van der Waals surface area contributed by atoms with Crippen LogP contribution in [0.25, 0.3) is 0 Å². The van der Waals surface area contributed by atoms with E-state index in [1.54, 1.807) is 12.1 Å². The molecule has 0 heterocycles. The number of carbonyl (C=O) groups is 1.